The summed E-state index contributed by atoms with van der Waals surface area (Å²) in [4.78, 5) is 107. The van der Waals surface area contributed by atoms with Crippen molar-refractivity contribution < 1.29 is 129 Å². The summed E-state index contributed by atoms with van der Waals surface area (Å²) in [5.41, 5.74) is 5.15. The van der Waals surface area contributed by atoms with Crippen LogP contribution in [0.5, 0.6) is 0 Å². The molecule has 10 aliphatic carbocycles. The molecule has 29 nitrogen and oxygen atoms in total. The van der Waals surface area contributed by atoms with Crippen LogP contribution in [0.3, 0.4) is 0 Å². The average Bonchev–Trinajstić information content (AvgIpc) is 0.781. The number of carbonyl (C=O) groups is 8. The van der Waals surface area contributed by atoms with Crippen LogP contribution in [0.4, 0.5) is 0 Å². The van der Waals surface area contributed by atoms with E-state index < -0.39 is 77.6 Å². The lowest BCUT2D eigenvalue weighted by Gasteiger charge is -2.44. The van der Waals surface area contributed by atoms with Crippen molar-refractivity contribution >= 4 is 47.8 Å². The second kappa shape index (κ2) is 56.0. The van der Waals surface area contributed by atoms with E-state index in [9.17, 15) is 89.4 Å². The van der Waals surface area contributed by atoms with Gasteiger partial charge in [-0.2, -0.15) is 17.7 Å². The van der Waals surface area contributed by atoms with E-state index in [1.54, 1.807) is 0 Å². The number of aliphatic hydroxyl groups is 10. The second-order valence-corrected chi connectivity index (χ2v) is 45.2. The monoisotopic (exact) mass is 1980 g/mol. The molecule has 0 unspecified atom stereocenters. The minimum absolute atomic E-state index is 0. The first-order valence-electron chi connectivity index (χ1n) is 53.0. The fraction of sp³-hybridized carbons (Fsp3) is 0.750. The molecule has 2 heterocycles. The maximum absolute atomic E-state index is 12.9. The quantitative estimate of drug-likeness (QED) is 0.0157. The Bertz CT molecular complexity index is 4380. The van der Waals surface area contributed by atoms with E-state index in [0.29, 0.717) is 97.7 Å². The summed E-state index contributed by atoms with van der Waals surface area (Å²) < 4.78 is 29.1. The highest BCUT2D eigenvalue weighted by Gasteiger charge is 2.49. The largest absolute Gasteiger partial charge is 1.00 e. The number of fused-ring (bicyclic) bond motifs is 5. The molecule has 796 valence electrons. The van der Waals surface area contributed by atoms with Crippen LogP contribution >= 0.6 is 0 Å². The van der Waals surface area contributed by atoms with Crippen molar-refractivity contribution in [1.29, 1.82) is 0 Å². The van der Waals surface area contributed by atoms with E-state index in [1.165, 1.54) is 27.9 Å². The third kappa shape index (κ3) is 35.5. The molecule has 2 fully saturated rings. The zero-order chi connectivity index (χ0) is 104. The number of rotatable bonds is 36. The number of aliphatic hydroxyl groups excluding tert-OH is 10. The Morgan fingerprint density at radius 2 is 0.645 bits per heavy atom. The molecule has 0 bridgehead atoms. The standard InChI is InChI=1S/C25H41NO6.C25H38O5.C24H39NO6.C19H31NO5.C19H28O4/c1-6-25(4,5)24(30)31-21-12-15(2)11-17-8-7-16(3)20(23(17)21)10-9-18(27)13-19(28)14-22(29)32-26;1-6-25(4,5)24(28)30-21-12-15(2)11-17-8-7-16(3)20(23(17)21)10-9-19-13-18(26)14-22(27)29-19;1-5-15(3)24(29)30-21-11-14(2)10-17-7-6-16(4)20(23(17)21)9-8-18(26)12-19(27)13-22(28)31-25;1-11-7-13-4-3-12(2)16(19(13)17(23)8-11)6-5-14(21)9-15(22)10-18(24)25-20;1-11-7-13-4-3-12(2)16(19(13)17(21)8-11)6-5-15-9-14(20)10-18(22)23-15/h7-8,11,15-16,18-21,23,27-28H,6,9-10,12-14,26H2,1-5H3;7-8,11,15-16,18-21,23,26H,6,9-10,12-14H2,1-5H3;6-7,10,14-16,18-21,23,26-27H,5,8-9,11-13,25H2,1-4H3;3-4,7,11-12,14-17,19,21-23H,5-6,8-10,20H2,1-2H3;3-4,7,11-12,14-17,19-21H,5-6,8-10H2,1-2H3/p+1/t2*15-,16-,18+,19+,20-,21-,23-;14-,15-,16-,18+,19+,20-,21-,23-;2*11-,12-,14+,15+,16-,17-,19-/m00000/s1. The molecule has 0 radical (unpaired) electrons. The number of esters is 5. The summed E-state index contributed by atoms with van der Waals surface area (Å²) in [7, 11) is 0. The fourth-order valence-corrected chi connectivity index (χ4v) is 23.5. The minimum atomic E-state index is -0.999. The molecule has 29 heteroatoms. The van der Waals surface area contributed by atoms with Crippen molar-refractivity contribution in [1.82, 2.24) is 0 Å². The first-order valence-corrected chi connectivity index (χ1v) is 53.0. The molecule has 36 atom stereocenters. The van der Waals surface area contributed by atoms with Crippen LogP contribution in [0.15, 0.2) is 119 Å². The lowest BCUT2D eigenvalue weighted by atomic mass is 9.65. The van der Waals surface area contributed by atoms with Gasteiger partial charge in [-0.15, -0.1) is 0 Å². The molecule has 12 rings (SSSR count). The maximum atomic E-state index is 12.9. The Balaban J connectivity index is 0.000000242. The molecule has 0 aromatic rings. The molecule has 2 saturated heterocycles. The van der Waals surface area contributed by atoms with Crippen LogP contribution in [0.2, 0.25) is 0 Å². The summed E-state index contributed by atoms with van der Waals surface area (Å²) in [6, 6.07) is 0. The fourth-order valence-electron chi connectivity index (χ4n) is 23.5. The van der Waals surface area contributed by atoms with E-state index in [-0.39, 0.29) is 190 Å². The number of allylic oxidation sites excluding steroid dienone is 15. The smallest absolute Gasteiger partial charge is 0.462 e. The highest BCUT2D eigenvalue weighted by Crippen LogP contribution is 2.52. The zero-order valence-electron chi connectivity index (χ0n) is 88.5. The number of carbonyl (C=O) groups excluding carboxylic acids is 8. The molecule has 2 aliphatic heterocycles. The van der Waals surface area contributed by atoms with E-state index in [2.05, 4.69) is 175 Å². The van der Waals surface area contributed by atoms with Gasteiger partial charge in [0.2, 0.25) is 0 Å². The van der Waals surface area contributed by atoms with Gasteiger partial charge in [-0.1, -0.05) is 188 Å². The molecule has 0 spiro atoms. The summed E-state index contributed by atoms with van der Waals surface area (Å²) in [6.07, 6.45) is 39.4. The summed E-state index contributed by atoms with van der Waals surface area (Å²) >= 11 is 0. The lowest BCUT2D eigenvalue weighted by molar-refractivity contribution is -0.166. The number of hydrogen-bond donors (Lipinski definition) is 13. The van der Waals surface area contributed by atoms with Crippen LogP contribution in [0, 0.1) is 135 Å². The number of cyclic esters (lactones) is 2. The lowest BCUT2D eigenvalue weighted by Crippen LogP contribution is -2.43. The van der Waals surface area contributed by atoms with Crippen LogP contribution in [0.1, 0.15) is 306 Å². The van der Waals surface area contributed by atoms with Gasteiger partial charge in [-0.05, 0) is 279 Å². The predicted octanol–water partition coefficient (Wildman–Crippen LogP) is 15.2. The van der Waals surface area contributed by atoms with E-state index in [1.807, 2.05) is 55.4 Å². The Morgan fingerprint density at radius 1 is 0.383 bits per heavy atom. The summed E-state index contributed by atoms with van der Waals surface area (Å²) in [5, 5.41) is 102. The Kier molecular flexibility index (Phi) is 47.2. The molecule has 141 heavy (non-hydrogen) atoms. The Hall–Kier alpha value is -7.36. The third-order valence-corrected chi connectivity index (χ3v) is 32.5. The third-order valence-electron chi connectivity index (χ3n) is 32.5. The SMILES string of the molecule is CCC(C)(C)C(=O)O[C@H]1C[C@@H](C)C=C2C=C[C@H](C)[C@H](CC[C@@H](O)C[C@@H](O)CC(=O)ON)[C@H]21.CCC(C)(C)C(=O)O[C@H]1C[C@@H](C)C=C2C=C[C@H](C)[C@H](CC[C@@H]3C[C@@H](O)CC(=O)O3)[C@H]21.CC[C@H](C)C(=O)O[C@H]1C[C@@H](C)C=C2C=C[C@H](C)[C@H](CC[C@@H](O)C[C@@H](O)CC(=O)ON)[C@H]21.C[C@H]1C=C2C=C[C@H](C)[C@H](CC[C@@H](O)C[C@@H](O)CC(=O)ON)[C@H]2[C@@H](O)C1.C[C@H]1C=C2C=C[C@H](C)[C@H](CC[C@@H]3C[C@@H](O)CC(=O)O3)[C@H]2[C@@H](O)C1.[H+]. The van der Waals surface area contributed by atoms with Crippen LogP contribution in [-0.4, -0.2) is 190 Å². The van der Waals surface area contributed by atoms with Crippen LogP contribution < -0.4 is 17.7 Å². The summed E-state index contributed by atoms with van der Waals surface area (Å²) in [5.74, 6) is 16.6. The van der Waals surface area contributed by atoms with Crippen molar-refractivity contribution in [2.75, 3.05) is 0 Å². The molecule has 0 aromatic heterocycles. The molecule has 16 N–H and O–H groups in total. The number of ether oxygens (including phenoxy) is 5. The molecule has 0 saturated carbocycles. The molecule has 12 aliphatic rings. The summed E-state index contributed by atoms with van der Waals surface area (Å²) in [6.45, 7) is 37.2. The average molecular weight is 1980 g/mol. The first-order chi connectivity index (χ1) is 66.5. The van der Waals surface area contributed by atoms with Gasteiger partial charge < -0.3 is 89.3 Å². The van der Waals surface area contributed by atoms with Gasteiger partial charge in [0.15, 0.2) is 0 Å². The maximum Gasteiger partial charge on any atom is 1.00 e. The van der Waals surface area contributed by atoms with Crippen molar-refractivity contribution in [3.8, 4) is 0 Å². The minimum Gasteiger partial charge on any atom is -0.462 e. The van der Waals surface area contributed by atoms with Gasteiger partial charge in [0.25, 0.3) is 0 Å². The zero-order valence-corrected chi connectivity index (χ0v) is 87.5. The normalized spacial score (nSPS) is 34.3. The molecule has 0 amide bonds. The second-order valence-electron chi connectivity index (χ2n) is 45.2. The Morgan fingerprint density at radius 3 is 0.922 bits per heavy atom. The van der Waals surface area contributed by atoms with Gasteiger partial charge in [0.1, 0.15) is 30.5 Å². The van der Waals surface area contributed by atoms with Gasteiger partial charge in [-0.3, -0.25) is 38.4 Å². The van der Waals surface area contributed by atoms with Crippen molar-refractivity contribution in [3.63, 3.8) is 0 Å². The first kappa shape index (κ1) is 119. The predicted molar refractivity (Wildman–Crippen MR) is 537 cm³/mol. The topological polar surface area (TPSA) is 491 Å². The molecular weight excluding hydrogens is 1800 g/mol. The highest BCUT2D eigenvalue weighted by molar-refractivity contribution is 5.77. The van der Waals surface area contributed by atoms with Crippen LogP contribution in [0.25, 0.3) is 0 Å². The highest BCUT2D eigenvalue weighted by atomic mass is 16.7. The molecular formula is C112H178N3O26+. The van der Waals surface area contributed by atoms with Crippen LogP contribution in [-0.2, 0) is 76.6 Å². The van der Waals surface area contributed by atoms with E-state index in [4.69, 9.17) is 41.4 Å². The van der Waals surface area contributed by atoms with Gasteiger partial charge in [-0.25, -0.2) is 0 Å². The van der Waals surface area contributed by atoms with E-state index >= 15 is 0 Å². The number of nitrogens with two attached hydrogens (primary N) is 3. The Labute approximate surface area is 840 Å². The van der Waals surface area contributed by atoms with Crippen molar-refractivity contribution in [3.05, 3.63) is 119 Å². The molecule has 0 aromatic carbocycles. The van der Waals surface area contributed by atoms with Gasteiger partial charge in [0, 0.05) is 42.4 Å². The van der Waals surface area contributed by atoms with Gasteiger partial charge >= 0.3 is 49.2 Å². The van der Waals surface area contributed by atoms with Crippen molar-refractivity contribution in [2.24, 2.45) is 153 Å². The van der Waals surface area contributed by atoms with E-state index in [0.717, 1.165) is 89.9 Å². The van der Waals surface area contributed by atoms with Gasteiger partial charge in [0.05, 0.1) is 110 Å². The van der Waals surface area contributed by atoms with Crippen molar-refractivity contribution in [2.45, 2.75) is 396 Å². The number of hydrogen-bond acceptors (Lipinski definition) is 29.